The molecule has 2 unspecified atom stereocenters. The summed E-state index contributed by atoms with van der Waals surface area (Å²) in [5.74, 6) is 0.108. The van der Waals surface area contributed by atoms with Gasteiger partial charge in [0.25, 0.3) is 0 Å². The number of hydrogen-bond donors (Lipinski definition) is 2. The molecule has 3 N–H and O–H groups in total. The zero-order chi connectivity index (χ0) is 18.2. The van der Waals surface area contributed by atoms with E-state index in [2.05, 4.69) is 24.1 Å². The third kappa shape index (κ3) is 5.42. The van der Waals surface area contributed by atoms with Gasteiger partial charge in [0.2, 0.25) is 5.91 Å². The minimum absolute atomic E-state index is 0.0366. The molecule has 5 nitrogen and oxygen atoms in total. The summed E-state index contributed by atoms with van der Waals surface area (Å²) in [5, 5.41) is 3.77. The molecular weight excluding hydrogens is 338 g/mol. The predicted octanol–water partition coefficient (Wildman–Crippen LogP) is 2.59. The Kier molecular flexibility index (Phi) is 8.16. The molecule has 1 amide bonds. The summed E-state index contributed by atoms with van der Waals surface area (Å²) in [4.78, 5) is 14.8. The molecule has 0 saturated carbocycles. The van der Waals surface area contributed by atoms with Crippen molar-refractivity contribution in [3.05, 3.63) is 34.9 Å². The van der Waals surface area contributed by atoms with Crippen molar-refractivity contribution in [1.82, 2.24) is 10.2 Å². The Morgan fingerprint density at radius 2 is 1.96 bits per heavy atom. The monoisotopic (exact) mass is 367 g/mol. The molecule has 2 rings (SSSR count). The van der Waals surface area contributed by atoms with Gasteiger partial charge in [-0.05, 0) is 43.5 Å². The van der Waals surface area contributed by atoms with Crippen LogP contribution in [0.25, 0.3) is 0 Å². The lowest BCUT2D eigenvalue weighted by Crippen LogP contribution is -2.49. The van der Waals surface area contributed by atoms with Crippen LogP contribution in [0, 0.1) is 5.92 Å². The lowest BCUT2D eigenvalue weighted by atomic mass is 9.92. The smallest absolute Gasteiger partial charge is 0.237 e. The molecule has 1 aromatic carbocycles. The fourth-order valence-electron chi connectivity index (χ4n) is 3.45. The zero-order valence-electron chi connectivity index (χ0n) is 15.2. The number of likely N-dealkylation sites (N-methyl/N-ethyl adjacent to an activating group) is 1. The second kappa shape index (κ2) is 10.1. The molecule has 1 fully saturated rings. The van der Waals surface area contributed by atoms with Crippen LogP contribution >= 0.6 is 11.6 Å². The first-order valence-corrected chi connectivity index (χ1v) is 9.55. The minimum Gasteiger partial charge on any atom is -0.381 e. The molecule has 1 aliphatic heterocycles. The molecular formula is C19H30ClN3O2. The molecule has 0 aliphatic carbocycles. The maximum absolute atomic E-state index is 12.5. The standard InChI is InChI=1S/C19H30ClN3O2/c1-3-23(4-2)17(15-7-5-6-8-16(15)20)13-22-19(24)18(21)14-9-11-25-12-10-14/h5-8,14,17-18H,3-4,9-13,21H2,1-2H3,(H,22,24). The fraction of sp³-hybridized carbons (Fsp3) is 0.632. The molecule has 1 aliphatic rings. The van der Waals surface area contributed by atoms with Crippen molar-refractivity contribution in [2.45, 2.75) is 38.8 Å². The van der Waals surface area contributed by atoms with E-state index in [4.69, 9.17) is 22.1 Å². The quantitative estimate of drug-likeness (QED) is 0.741. The van der Waals surface area contributed by atoms with Gasteiger partial charge in [-0.1, -0.05) is 43.6 Å². The summed E-state index contributed by atoms with van der Waals surface area (Å²) < 4.78 is 5.35. The van der Waals surface area contributed by atoms with Crippen LogP contribution in [0.3, 0.4) is 0 Å². The Hall–Kier alpha value is -1.14. The summed E-state index contributed by atoms with van der Waals surface area (Å²) in [6.07, 6.45) is 1.69. The first-order chi connectivity index (χ1) is 12.1. The fourth-order valence-corrected chi connectivity index (χ4v) is 3.71. The highest BCUT2D eigenvalue weighted by molar-refractivity contribution is 6.31. The van der Waals surface area contributed by atoms with Crippen LogP contribution in [0.4, 0.5) is 0 Å². The molecule has 0 spiro atoms. The molecule has 0 bridgehead atoms. The number of nitrogens with two attached hydrogens (primary N) is 1. The van der Waals surface area contributed by atoms with E-state index in [9.17, 15) is 4.79 Å². The number of ether oxygens (including phenoxy) is 1. The number of amides is 1. The number of nitrogens with zero attached hydrogens (tertiary/aromatic N) is 1. The number of benzene rings is 1. The second-order valence-corrected chi connectivity index (χ2v) is 6.89. The van der Waals surface area contributed by atoms with Crippen molar-refractivity contribution >= 4 is 17.5 Å². The van der Waals surface area contributed by atoms with Gasteiger partial charge in [0, 0.05) is 24.8 Å². The van der Waals surface area contributed by atoms with E-state index >= 15 is 0 Å². The number of rotatable bonds is 8. The predicted molar refractivity (Wildman–Crippen MR) is 102 cm³/mol. The van der Waals surface area contributed by atoms with Crippen LogP contribution in [0.15, 0.2) is 24.3 Å². The van der Waals surface area contributed by atoms with Gasteiger partial charge in [0.05, 0.1) is 12.1 Å². The van der Waals surface area contributed by atoms with E-state index < -0.39 is 6.04 Å². The molecule has 25 heavy (non-hydrogen) atoms. The number of carbonyl (C=O) groups excluding carboxylic acids is 1. The van der Waals surface area contributed by atoms with Gasteiger partial charge < -0.3 is 15.8 Å². The molecule has 0 aromatic heterocycles. The Bertz CT molecular complexity index is 545. The van der Waals surface area contributed by atoms with Crippen LogP contribution in [-0.4, -0.2) is 49.7 Å². The van der Waals surface area contributed by atoms with Gasteiger partial charge >= 0.3 is 0 Å². The van der Waals surface area contributed by atoms with Crippen LogP contribution < -0.4 is 11.1 Å². The zero-order valence-corrected chi connectivity index (χ0v) is 16.0. The molecule has 6 heteroatoms. The average Bonchev–Trinajstić information content (AvgIpc) is 2.65. The van der Waals surface area contributed by atoms with Gasteiger partial charge in [0.1, 0.15) is 0 Å². The number of nitrogens with one attached hydrogen (secondary N) is 1. The van der Waals surface area contributed by atoms with E-state index in [0.29, 0.717) is 19.8 Å². The number of carbonyl (C=O) groups is 1. The highest BCUT2D eigenvalue weighted by Crippen LogP contribution is 2.27. The summed E-state index contributed by atoms with van der Waals surface area (Å²) in [6, 6.07) is 7.37. The van der Waals surface area contributed by atoms with Crippen molar-refractivity contribution in [3.63, 3.8) is 0 Å². The van der Waals surface area contributed by atoms with Gasteiger partial charge in [-0.3, -0.25) is 9.69 Å². The minimum atomic E-state index is -0.479. The molecule has 0 radical (unpaired) electrons. The van der Waals surface area contributed by atoms with Crippen molar-refractivity contribution in [2.24, 2.45) is 11.7 Å². The Balaban J connectivity index is 2.04. The summed E-state index contributed by atoms with van der Waals surface area (Å²) in [5.41, 5.74) is 7.22. The van der Waals surface area contributed by atoms with Crippen LogP contribution in [0.1, 0.15) is 38.3 Å². The van der Waals surface area contributed by atoms with Gasteiger partial charge in [-0.2, -0.15) is 0 Å². The number of halogens is 1. The lowest BCUT2D eigenvalue weighted by Gasteiger charge is -2.32. The molecule has 1 saturated heterocycles. The topological polar surface area (TPSA) is 67.6 Å². The number of hydrogen-bond acceptors (Lipinski definition) is 4. The second-order valence-electron chi connectivity index (χ2n) is 6.48. The van der Waals surface area contributed by atoms with E-state index in [1.54, 1.807) is 0 Å². The van der Waals surface area contributed by atoms with Crippen molar-refractivity contribution in [1.29, 1.82) is 0 Å². The highest BCUT2D eigenvalue weighted by atomic mass is 35.5. The first kappa shape index (κ1) is 20.2. The van der Waals surface area contributed by atoms with Crippen molar-refractivity contribution in [3.8, 4) is 0 Å². The van der Waals surface area contributed by atoms with E-state index in [1.165, 1.54) is 0 Å². The Morgan fingerprint density at radius 1 is 1.32 bits per heavy atom. The largest absolute Gasteiger partial charge is 0.381 e. The third-order valence-corrected chi connectivity index (χ3v) is 5.41. The van der Waals surface area contributed by atoms with Gasteiger partial charge in [0.15, 0.2) is 0 Å². The lowest BCUT2D eigenvalue weighted by molar-refractivity contribution is -0.124. The highest BCUT2D eigenvalue weighted by Gasteiger charge is 2.28. The van der Waals surface area contributed by atoms with E-state index in [-0.39, 0.29) is 17.9 Å². The maximum atomic E-state index is 12.5. The Labute approximate surface area is 155 Å². The summed E-state index contributed by atoms with van der Waals surface area (Å²) in [7, 11) is 0. The first-order valence-electron chi connectivity index (χ1n) is 9.17. The third-order valence-electron chi connectivity index (χ3n) is 5.06. The maximum Gasteiger partial charge on any atom is 0.237 e. The Morgan fingerprint density at radius 3 is 2.56 bits per heavy atom. The van der Waals surface area contributed by atoms with Gasteiger partial charge in [-0.25, -0.2) is 0 Å². The molecule has 2 atom stereocenters. The summed E-state index contributed by atoms with van der Waals surface area (Å²) in [6.45, 7) is 7.87. The van der Waals surface area contributed by atoms with Crippen LogP contribution in [-0.2, 0) is 9.53 Å². The SMILES string of the molecule is CCN(CC)C(CNC(=O)C(N)C1CCOCC1)c1ccccc1Cl. The molecule has 140 valence electrons. The van der Waals surface area contributed by atoms with Crippen molar-refractivity contribution < 1.29 is 9.53 Å². The molecule has 1 aromatic rings. The van der Waals surface area contributed by atoms with Crippen LogP contribution in [0.2, 0.25) is 5.02 Å². The van der Waals surface area contributed by atoms with Crippen molar-refractivity contribution in [2.75, 3.05) is 32.8 Å². The molecule has 1 heterocycles. The average molecular weight is 368 g/mol. The van der Waals surface area contributed by atoms with E-state index in [0.717, 1.165) is 36.5 Å². The van der Waals surface area contributed by atoms with Gasteiger partial charge in [-0.15, -0.1) is 0 Å². The normalized spacial score (nSPS) is 18.1. The summed E-state index contributed by atoms with van der Waals surface area (Å²) >= 11 is 6.40. The van der Waals surface area contributed by atoms with Crippen LogP contribution in [0.5, 0.6) is 0 Å². The van der Waals surface area contributed by atoms with E-state index in [1.807, 2.05) is 24.3 Å².